The molecule has 0 radical (unpaired) electrons. The second-order valence-electron chi connectivity index (χ2n) is 6.55. The molecule has 29 heavy (non-hydrogen) atoms. The summed E-state index contributed by atoms with van der Waals surface area (Å²) in [4.78, 5) is 4.05. The van der Waals surface area contributed by atoms with Crippen molar-refractivity contribution >= 4 is 50.5 Å². The van der Waals surface area contributed by atoms with E-state index in [1.54, 1.807) is 0 Å². The molecule has 178 valence electrons. The predicted molar refractivity (Wildman–Crippen MR) is 144 cm³/mol. The van der Waals surface area contributed by atoms with Gasteiger partial charge in [-0.2, -0.15) is 0 Å². The van der Waals surface area contributed by atoms with Crippen LogP contribution in [0, 0.1) is 0 Å². The fourth-order valence-corrected chi connectivity index (χ4v) is 5.55. The van der Waals surface area contributed by atoms with E-state index in [0.29, 0.717) is 15.8 Å². The Morgan fingerprint density at radius 3 is 0.931 bits per heavy atom. The Hall–Kier alpha value is 0.928. The maximum absolute atomic E-state index is 4.86. The summed E-state index contributed by atoms with van der Waals surface area (Å²) < 4.78 is 0. The van der Waals surface area contributed by atoms with Crippen molar-refractivity contribution in [3.8, 4) is 0 Å². The zero-order chi connectivity index (χ0) is 21.9. The summed E-state index contributed by atoms with van der Waals surface area (Å²) in [5.41, 5.74) is 0. The van der Waals surface area contributed by atoms with E-state index >= 15 is 0 Å². The third-order valence-corrected chi connectivity index (χ3v) is 11.1. The van der Waals surface area contributed by atoms with Gasteiger partial charge in [0, 0.05) is 61.3 Å². The van der Waals surface area contributed by atoms with Crippen molar-refractivity contribution in [3.05, 3.63) is 0 Å². The van der Waals surface area contributed by atoms with Gasteiger partial charge in [0.2, 0.25) is 0 Å². The standard InChI is InChI=1S/2C6H15P.2C4H8N2S.Pt/c2*1-4-7(5-2)6-3;2*1-6-3-2-5-4(6)7;/h2*4-6H2,1-3H3;2*2-3H2,1H3,(H,5,7);. The Kier molecular flexibility index (Phi) is 28.1. The van der Waals surface area contributed by atoms with Crippen LogP contribution in [-0.2, 0) is 21.1 Å². The van der Waals surface area contributed by atoms with Gasteiger partial charge >= 0.3 is 0 Å². The van der Waals surface area contributed by atoms with Gasteiger partial charge in [0.1, 0.15) is 0 Å². The normalized spacial score (nSPS) is 14.7. The maximum Gasteiger partial charge on any atom is 0.168 e. The predicted octanol–water partition coefficient (Wildman–Crippen LogP) is 4.67. The minimum atomic E-state index is 0. The molecular formula is C20H46N4P2PtS2. The molecule has 9 heteroatoms. The Balaban J connectivity index is -0.000000307. The number of hydrogen-bond donors (Lipinski definition) is 2. The smallest absolute Gasteiger partial charge is 0.168 e. The van der Waals surface area contributed by atoms with E-state index < -0.39 is 0 Å². The first-order chi connectivity index (χ1) is 13.3. The van der Waals surface area contributed by atoms with Gasteiger partial charge in [0.05, 0.1) is 0 Å². The van der Waals surface area contributed by atoms with Crippen molar-refractivity contribution in [3.63, 3.8) is 0 Å². The summed E-state index contributed by atoms with van der Waals surface area (Å²) >= 11 is 9.71. The Morgan fingerprint density at radius 2 is 0.897 bits per heavy atom. The van der Waals surface area contributed by atoms with E-state index in [1.807, 2.05) is 23.9 Å². The number of rotatable bonds is 6. The second-order valence-corrected chi connectivity index (χ2v) is 13.8. The average molecular weight is 664 g/mol. The van der Waals surface area contributed by atoms with Crippen molar-refractivity contribution in [2.75, 3.05) is 77.2 Å². The summed E-state index contributed by atoms with van der Waals surface area (Å²) in [6.07, 6.45) is 8.51. The first kappa shape index (κ1) is 34.5. The molecule has 0 aliphatic carbocycles. The number of hydrogen-bond acceptors (Lipinski definition) is 2. The molecule has 0 amide bonds. The molecule has 0 atom stereocenters. The summed E-state index contributed by atoms with van der Waals surface area (Å²) in [6.45, 7) is 17.9. The van der Waals surface area contributed by atoms with Gasteiger partial charge in [0.25, 0.3) is 0 Å². The van der Waals surface area contributed by atoms with Gasteiger partial charge < -0.3 is 20.4 Å². The topological polar surface area (TPSA) is 30.5 Å². The van der Waals surface area contributed by atoms with E-state index in [1.165, 1.54) is 37.0 Å². The first-order valence-corrected chi connectivity index (χ1v) is 15.3. The van der Waals surface area contributed by atoms with Crippen molar-refractivity contribution in [1.29, 1.82) is 0 Å². The van der Waals surface area contributed by atoms with E-state index in [9.17, 15) is 0 Å². The Labute approximate surface area is 209 Å². The minimum Gasteiger partial charge on any atom is -0.361 e. The molecule has 2 fully saturated rings. The molecule has 2 heterocycles. The zero-order valence-corrected chi connectivity index (χ0v) is 25.7. The van der Waals surface area contributed by atoms with Crippen LogP contribution in [0.5, 0.6) is 0 Å². The molecule has 0 spiro atoms. The third-order valence-electron chi connectivity index (χ3n) is 4.82. The molecule has 0 aromatic heterocycles. The molecule has 2 aliphatic heterocycles. The molecule has 0 bridgehead atoms. The molecule has 0 aromatic rings. The molecule has 2 N–H and O–H groups in total. The Morgan fingerprint density at radius 1 is 0.655 bits per heavy atom. The average Bonchev–Trinajstić information content (AvgIpc) is 3.27. The van der Waals surface area contributed by atoms with Crippen LogP contribution >= 0.6 is 40.3 Å². The SMILES string of the molecule is CCP(CC)CC.CCP(CC)CC.CN1CCNC1=S.CN1CCNC1=S.[Pt]. The van der Waals surface area contributed by atoms with Gasteiger partial charge in [-0.05, 0) is 61.4 Å². The maximum atomic E-state index is 4.86. The van der Waals surface area contributed by atoms with Crippen LogP contribution in [0.4, 0.5) is 0 Å². The van der Waals surface area contributed by atoms with E-state index in [-0.39, 0.29) is 21.1 Å². The minimum absolute atomic E-state index is 0. The molecule has 2 aliphatic rings. The number of nitrogens with one attached hydrogen (secondary N) is 2. The zero-order valence-electron chi connectivity index (χ0n) is 20.0. The van der Waals surface area contributed by atoms with Crippen LogP contribution in [0.15, 0.2) is 0 Å². The van der Waals surface area contributed by atoms with Crippen LogP contribution in [0.3, 0.4) is 0 Å². The van der Waals surface area contributed by atoms with E-state index in [2.05, 4.69) is 52.2 Å². The van der Waals surface area contributed by atoms with Crippen molar-refractivity contribution in [2.45, 2.75) is 41.5 Å². The molecule has 0 unspecified atom stereocenters. The van der Waals surface area contributed by atoms with Crippen molar-refractivity contribution < 1.29 is 21.1 Å². The van der Waals surface area contributed by atoms with Gasteiger partial charge in [0.15, 0.2) is 10.2 Å². The van der Waals surface area contributed by atoms with Gasteiger partial charge in [-0.1, -0.05) is 41.5 Å². The summed E-state index contributed by atoms with van der Waals surface area (Å²) in [5.74, 6) is 0. The molecule has 0 aromatic carbocycles. The molecule has 2 rings (SSSR count). The van der Waals surface area contributed by atoms with Gasteiger partial charge in [-0.25, -0.2) is 0 Å². The summed E-state index contributed by atoms with van der Waals surface area (Å²) in [7, 11) is 4.87. The van der Waals surface area contributed by atoms with E-state index in [0.717, 1.165) is 36.4 Å². The molecular weight excluding hydrogens is 617 g/mol. The van der Waals surface area contributed by atoms with Gasteiger partial charge in [-0.15, -0.1) is 15.8 Å². The van der Waals surface area contributed by atoms with Crippen LogP contribution in [0.2, 0.25) is 0 Å². The number of likely N-dealkylation sites (N-methyl/N-ethyl adjacent to an activating group) is 2. The number of nitrogens with zero attached hydrogens (tertiary/aromatic N) is 2. The molecule has 4 nitrogen and oxygen atoms in total. The van der Waals surface area contributed by atoms with Crippen molar-refractivity contribution in [2.24, 2.45) is 0 Å². The fourth-order valence-electron chi connectivity index (χ4n) is 2.48. The monoisotopic (exact) mass is 663 g/mol. The van der Waals surface area contributed by atoms with Gasteiger partial charge in [-0.3, -0.25) is 0 Å². The largest absolute Gasteiger partial charge is 0.361 e. The van der Waals surface area contributed by atoms with E-state index in [4.69, 9.17) is 24.4 Å². The number of thiocarbonyl (C=S) groups is 2. The van der Waals surface area contributed by atoms with Crippen LogP contribution in [0.1, 0.15) is 41.5 Å². The first-order valence-electron chi connectivity index (χ1n) is 10.7. The fraction of sp³-hybridized carbons (Fsp3) is 0.900. The summed E-state index contributed by atoms with van der Waals surface area (Å²) in [5, 5.41) is 7.80. The van der Waals surface area contributed by atoms with Crippen molar-refractivity contribution in [1.82, 2.24) is 20.4 Å². The molecule has 2 saturated heterocycles. The second kappa shape index (κ2) is 23.6. The Bertz CT molecular complexity index is 352. The third kappa shape index (κ3) is 19.3. The van der Waals surface area contributed by atoms with Crippen LogP contribution in [0.25, 0.3) is 0 Å². The molecule has 0 saturated carbocycles. The van der Waals surface area contributed by atoms with Crippen LogP contribution < -0.4 is 10.6 Å². The van der Waals surface area contributed by atoms with Crippen LogP contribution in [-0.4, -0.2) is 97.3 Å². The summed E-state index contributed by atoms with van der Waals surface area (Å²) in [6, 6.07) is 0. The quantitative estimate of drug-likeness (QED) is 0.318.